The van der Waals surface area contributed by atoms with Gasteiger partial charge in [-0.2, -0.15) is 0 Å². The second kappa shape index (κ2) is 8.70. The first-order valence-corrected chi connectivity index (χ1v) is 9.32. The Kier molecular flexibility index (Phi) is 7.62. The van der Waals surface area contributed by atoms with Crippen molar-refractivity contribution < 1.29 is 22.7 Å². The van der Waals surface area contributed by atoms with Crippen molar-refractivity contribution in [2.75, 3.05) is 40.2 Å². The molecule has 0 aliphatic heterocycles. The normalized spacial score (nSPS) is 23.2. The first-order chi connectivity index (χ1) is 9.88. The van der Waals surface area contributed by atoms with Crippen molar-refractivity contribution in [1.29, 1.82) is 0 Å². The largest absolute Gasteiger partial charge is 0.469 e. The van der Waals surface area contributed by atoms with E-state index in [0.29, 0.717) is 32.5 Å². The molecule has 21 heavy (non-hydrogen) atoms. The fourth-order valence-electron chi connectivity index (χ4n) is 2.86. The zero-order valence-electron chi connectivity index (χ0n) is 13.2. The van der Waals surface area contributed by atoms with E-state index in [1.165, 1.54) is 13.4 Å². The fraction of sp³-hybridized carbons (Fsp3) is 0.929. The smallest absolute Gasteiger partial charge is 0.306 e. The molecule has 0 radical (unpaired) electrons. The summed E-state index contributed by atoms with van der Waals surface area (Å²) >= 11 is 0. The van der Waals surface area contributed by atoms with Gasteiger partial charge in [0.15, 0.2) is 0 Å². The number of esters is 1. The van der Waals surface area contributed by atoms with Gasteiger partial charge in [0.25, 0.3) is 0 Å². The van der Waals surface area contributed by atoms with Gasteiger partial charge in [-0.3, -0.25) is 9.69 Å². The number of ether oxygens (including phenoxy) is 2. The van der Waals surface area contributed by atoms with Crippen LogP contribution in [0, 0.1) is 0 Å². The van der Waals surface area contributed by atoms with Crippen LogP contribution in [0.2, 0.25) is 0 Å². The minimum atomic E-state index is -3.00. The number of nitrogens with zero attached hydrogens (tertiary/aromatic N) is 1. The lowest BCUT2D eigenvalue weighted by Gasteiger charge is -2.36. The molecule has 0 aromatic heterocycles. The zero-order chi connectivity index (χ0) is 15.9. The van der Waals surface area contributed by atoms with E-state index in [-0.39, 0.29) is 17.3 Å². The molecule has 1 aliphatic carbocycles. The molecular formula is C14H27NO5S. The van der Waals surface area contributed by atoms with E-state index >= 15 is 0 Å². The summed E-state index contributed by atoms with van der Waals surface area (Å²) in [6.45, 7) is 1.85. The van der Waals surface area contributed by atoms with E-state index in [2.05, 4.69) is 9.64 Å². The molecule has 1 aliphatic rings. The van der Waals surface area contributed by atoms with Crippen molar-refractivity contribution in [2.45, 2.75) is 43.4 Å². The number of hydrogen-bond donors (Lipinski definition) is 0. The maximum Gasteiger partial charge on any atom is 0.306 e. The lowest BCUT2D eigenvalue weighted by Crippen LogP contribution is -2.44. The Morgan fingerprint density at radius 3 is 2.52 bits per heavy atom. The quantitative estimate of drug-likeness (QED) is 0.617. The molecule has 0 heterocycles. The zero-order valence-corrected chi connectivity index (χ0v) is 14.0. The van der Waals surface area contributed by atoms with Gasteiger partial charge in [0.2, 0.25) is 0 Å². The number of sulfone groups is 1. The van der Waals surface area contributed by atoms with Crippen LogP contribution >= 0.6 is 0 Å². The average molecular weight is 321 g/mol. The molecule has 1 saturated carbocycles. The van der Waals surface area contributed by atoms with Gasteiger partial charge in [-0.1, -0.05) is 6.42 Å². The SMILES string of the molecule is COCCN(CCC(=O)OC)C1CCCC(S(C)(=O)=O)C1. The van der Waals surface area contributed by atoms with Crippen molar-refractivity contribution in [3.63, 3.8) is 0 Å². The number of hydrogen-bond acceptors (Lipinski definition) is 6. The van der Waals surface area contributed by atoms with Crippen LogP contribution in [-0.2, 0) is 24.1 Å². The van der Waals surface area contributed by atoms with Crippen molar-refractivity contribution in [3.05, 3.63) is 0 Å². The first-order valence-electron chi connectivity index (χ1n) is 7.37. The summed E-state index contributed by atoms with van der Waals surface area (Å²) in [7, 11) is 0.0164. The molecule has 0 aromatic rings. The third kappa shape index (κ3) is 6.32. The maximum atomic E-state index is 11.8. The van der Waals surface area contributed by atoms with E-state index in [1.54, 1.807) is 7.11 Å². The highest BCUT2D eigenvalue weighted by Crippen LogP contribution is 2.27. The van der Waals surface area contributed by atoms with Gasteiger partial charge in [0, 0.05) is 32.5 Å². The van der Waals surface area contributed by atoms with E-state index in [4.69, 9.17) is 4.74 Å². The van der Waals surface area contributed by atoms with Crippen molar-refractivity contribution in [3.8, 4) is 0 Å². The van der Waals surface area contributed by atoms with Gasteiger partial charge in [0.05, 0.1) is 25.4 Å². The fourth-order valence-corrected chi connectivity index (χ4v) is 4.03. The number of carbonyl (C=O) groups excluding carboxylic acids is 1. The highest BCUT2D eigenvalue weighted by molar-refractivity contribution is 7.91. The summed E-state index contributed by atoms with van der Waals surface area (Å²) in [5, 5.41) is -0.264. The molecule has 0 saturated heterocycles. The molecule has 1 fully saturated rings. The standard InChI is InChI=1S/C14H27NO5S/c1-19-10-9-15(8-7-14(16)20-2)12-5-4-6-13(11-12)21(3,17)18/h12-13H,4-11H2,1-3H3. The Hall–Kier alpha value is -0.660. The van der Waals surface area contributed by atoms with Gasteiger partial charge in [0.1, 0.15) is 9.84 Å². The molecule has 124 valence electrons. The lowest BCUT2D eigenvalue weighted by atomic mass is 9.93. The summed E-state index contributed by atoms with van der Waals surface area (Å²) in [5.41, 5.74) is 0. The van der Waals surface area contributed by atoms with Crippen LogP contribution in [-0.4, -0.2) is 70.8 Å². The van der Waals surface area contributed by atoms with E-state index in [1.807, 2.05) is 0 Å². The van der Waals surface area contributed by atoms with Gasteiger partial charge in [-0.05, 0) is 19.3 Å². The van der Waals surface area contributed by atoms with Crippen molar-refractivity contribution >= 4 is 15.8 Å². The Bertz CT molecular complexity index is 423. The molecule has 1 rings (SSSR count). The van der Waals surface area contributed by atoms with Crippen LogP contribution in [0.5, 0.6) is 0 Å². The molecule has 2 unspecified atom stereocenters. The average Bonchev–Trinajstić information content (AvgIpc) is 2.46. The summed E-state index contributed by atoms with van der Waals surface area (Å²) in [6, 6.07) is 0.193. The van der Waals surface area contributed by atoms with E-state index in [9.17, 15) is 13.2 Å². The highest BCUT2D eigenvalue weighted by atomic mass is 32.2. The Morgan fingerprint density at radius 2 is 1.95 bits per heavy atom. The lowest BCUT2D eigenvalue weighted by molar-refractivity contribution is -0.141. The number of methoxy groups -OCH3 is 2. The van der Waals surface area contributed by atoms with Crippen molar-refractivity contribution in [1.82, 2.24) is 4.90 Å². The Labute approximate surface area is 127 Å². The second-order valence-electron chi connectivity index (χ2n) is 5.63. The summed E-state index contributed by atoms with van der Waals surface area (Å²) in [4.78, 5) is 13.5. The molecule has 7 heteroatoms. The summed E-state index contributed by atoms with van der Waals surface area (Å²) in [6.07, 6.45) is 4.89. The van der Waals surface area contributed by atoms with E-state index in [0.717, 1.165) is 19.3 Å². The van der Waals surface area contributed by atoms with Crippen LogP contribution in [0.3, 0.4) is 0 Å². The van der Waals surface area contributed by atoms with E-state index < -0.39 is 9.84 Å². The van der Waals surface area contributed by atoms with Gasteiger partial charge in [-0.25, -0.2) is 8.42 Å². The predicted molar refractivity (Wildman–Crippen MR) is 81.0 cm³/mol. The molecule has 2 atom stereocenters. The predicted octanol–water partition coefficient (Wildman–Crippen LogP) is 0.854. The van der Waals surface area contributed by atoms with Crippen LogP contribution in [0.15, 0.2) is 0 Å². The molecular weight excluding hydrogens is 294 g/mol. The van der Waals surface area contributed by atoms with Crippen LogP contribution in [0.4, 0.5) is 0 Å². The first kappa shape index (κ1) is 18.4. The molecule has 0 amide bonds. The minimum Gasteiger partial charge on any atom is -0.469 e. The van der Waals surface area contributed by atoms with Crippen LogP contribution in [0.25, 0.3) is 0 Å². The summed E-state index contributed by atoms with van der Waals surface area (Å²) in [5.74, 6) is -0.243. The molecule has 0 N–H and O–H groups in total. The van der Waals surface area contributed by atoms with Crippen LogP contribution in [0.1, 0.15) is 32.1 Å². The minimum absolute atomic E-state index is 0.193. The topological polar surface area (TPSA) is 72.9 Å². The summed E-state index contributed by atoms with van der Waals surface area (Å²) < 4.78 is 33.3. The Morgan fingerprint density at radius 1 is 1.24 bits per heavy atom. The highest BCUT2D eigenvalue weighted by Gasteiger charge is 2.31. The van der Waals surface area contributed by atoms with Gasteiger partial charge < -0.3 is 9.47 Å². The number of carbonyl (C=O) groups is 1. The van der Waals surface area contributed by atoms with Crippen LogP contribution < -0.4 is 0 Å². The third-order valence-corrected chi connectivity index (χ3v) is 5.77. The van der Waals surface area contributed by atoms with Crippen molar-refractivity contribution in [2.24, 2.45) is 0 Å². The monoisotopic (exact) mass is 321 g/mol. The molecule has 0 aromatic carbocycles. The third-order valence-electron chi connectivity index (χ3n) is 4.13. The Balaban J connectivity index is 2.65. The number of rotatable bonds is 8. The van der Waals surface area contributed by atoms with Gasteiger partial charge >= 0.3 is 5.97 Å². The second-order valence-corrected chi connectivity index (χ2v) is 7.95. The molecule has 0 spiro atoms. The van der Waals surface area contributed by atoms with Gasteiger partial charge in [-0.15, -0.1) is 0 Å². The maximum absolute atomic E-state index is 11.8. The molecule has 0 bridgehead atoms. The molecule has 6 nitrogen and oxygen atoms in total.